The molecule has 1 amide bonds. The summed E-state index contributed by atoms with van der Waals surface area (Å²) in [5.41, 5.74) is 8.58. The van der Waals surface area contributed by atoms with Crippen molar-refractivity contribution < 1.29 is 4.79 Å². The standard InChI is InChI=1S/C19H23N3O/c20-16-8-6-15(7-9-16)14-19(23)22-12-10-18(11-13-22)21-17-4-2-1-3-5-17/h1-9,18,21H,10-14,20H2. The summed E-state index contributed by atoms with van der Waals surface area (Å²) >= 11 is 0. The van der Waals surface area contributed by atoms with E-state index < -0.39 is 0 Å². The lowest BCUT2D eigenvalue weighted by Gasteiger charge is -2.33. The van der Waals surface area contributed by atoms with Crippen LogP contribution in [0.25, 0.3) is 0 Å². The van der Waals surface area contributed by atoms with Crippen molar-refractivity contribution in [2.75, 3.05) is 24.1 Å². The Kier molecular flexibility index (Phi) is 4.81. The molecule has 2 aromatic rings. The lowest BCUT2D eigenvalue weighted by molar-refractivity contribution is -0.131. The van der Waals surface area contributed by atoms with E-state index in [4.69, 9.17) is 5.73 Å². The summed E-state index contributed by atoms with van der Waals surface area (Å²) in [5.74, 6) is 0.202. The monoisotopic (exact) mass is 309 g/mol. The van der Waals surface area contributed by atoms with E-state index in [2.05, 4.69) is 17.4 Å². The van der Waals surface area contributed by atoms with E-state index in [1.54, 1.807) is 0 Å². The molecule has 0 aromatic heterocycles. The van der Waals surface area contributed by atoms with Crippen LogP contribution in [0.3, 0.4) is 0 Å². The van der Waals surface area contributed by atoms with Gasteiger partial charge in [0.2, 0.25) is 5.91 Å². The average molecular weight is 309 g/mol. The number of amides is 1. The van der Waals surface area contributed by atoms with Crippen molar-refractivity contribution in [2.45, 2.75) is 25.3 Å². The van der Waals surface area contributed by atoms with Crippen LogP contribution in [0.1, 0.15) is 18.4 Å². The molecular formula is C19H23N3O. The Balaban J connectivity index is 1.48. The number of anilines is 2. The molecule has 4 heteroatoms. The van der Waals surface area contributed by atoms with E-state index >= 15 is 0 Å². The van der Waals surface area contributed by atoms with Gasteiger partial charge >= 0.3 is 0 Å². The first-order valence-electron chi connectivity index (χ1n) is 8.14. The van der Waals surface area contributed by atoms with Crippen LogP contribution in [0.4, 0.5) is 11.4 Å². The summed E-state index contributed by atoms with van der Waals surface area (Å²) in [6.45, 7) is 1.64. The van der Waals surface area contributed by atoms with E-state index in [9.17, 15) is 4.79 Å². The van der Waals surface area contributed by atoms with Crippen molar-refractivity contribution in [1.82, 2.24) is 4.90 Å². The van der Waals surface area contributed by atoms with Crippen LogP contribution in [0.15, 0.2) is 54.6 Å². The molecule has 1 saturated heterocycles. The zero-order chi connectivity index (χ0) is 16.1. The fourth-order valence-electron chi connectivity index (χ4n) is 2.97. The van der Waals surface area contributed by atoms with Crippen LogP contribution >= 0.6 is 0 Å². The van der Waals surface area contributed by atoms with Crippen molar-refractivity contribution in [3.05, 3.63) is 60.2 Å². The molecule has 3 N–H and O–H groups in total. The smallest absolute Gasteiger partial charge is 0.226 e. The second-order valence-electron chi connectivity index (χ2n) is 6.08. The Morgan fingerprint density at radius 3 is 2.35 bits per heavy atom. The van der Waals surface area contributed by atoms with Crippen molar-refractivity contribution in [2.24, 2.45) is 0 Å². The quantitative estimate of drug-likeness (QED) is 0.854. The first-order chi connectivity index (χ1) is 11.2. The summed E-state index contributed by atoms with van der Waals surface area (Å²) in [7, 11) is 0. The van der Waals surface area contributed by atoms with Crippen LogP contribution in [-0.2, 0) is 11.2 Å². The van der Waals surface area contributed by atoms with Crippen LogP contribution in [0, 0.1) is 0 Å². The molecular weight excluding hydrogens is 286 g/mol. The summed E-state index contributed by atoms with van der Waals surface area (Å²) in [6.07, 6.45) is 2.43. The Bertz CT molecular complexity index is 631. The zero-order valence-corrected chi connectivity index (χ0v) is 13.2. The first-order valence-corrected chi connectivity index (χ1v) is 8.14. The molecule has 0 bridgehead atoms. The van der Waals surface area contributed by atoms with Gasteiger partial charge in [0, 0.05) is 30.5 Å². The number of nitrogens with zero attached hydrogens (tertiary/aromatic N) is 1. The summed E-state index contributed by atoms with van der Waals surface area (Å²) in [5, 5.41) is 3.54. The molecule has 1 heterocycles. The van der Waals surface area contributed by atoms with Gasteiger partial charge in [0.15, 0.2) is 0 Å². The number of nitrogen functional groups attached to an aromatic ring is 1. The van der Waals surface area contributed by atoms with Gasteiger partial charge in [-0.2, -0.15) is 0 Å². The van der Waals surface area contributed by atoms with E-state index in [-0.39, 0.29) is 5.91 Å². The maximum absolute atomic E-state index is 12.4. The number of benzene rings is 2. The number of carbonyl (C=O) groups is 1. The fraction of sp³-hybridized carbons (Fsp3) is 0.316. The number of nitrogens with two attached hydrogens (primary N) is 1. The summed E-state index contributed by atoms with van der Waals surface area (Å²) < 4.78 is 0. The number of hydrogen-bond donors (Lipinski definition) is 2. The van der Waals surface area contributed by atoms with Crippen LogP contribution < -0.4 is 11.1 Å². The molecule has 1 aliphatic heterocycles. The first kappa shape index (κ1) is 15.4. The highest BCUT2D eigenvalue weighted by atomic mass is 16.2. The van der Waals surface area contributed by atoms with Crippen molar-refractivity contribution in [3.8, 4) is 0 Å². The molecule has 3 rings (SSSR count). The predicted octanol–water partition coefficient (Wildman–Crippen LogP) is 2.91. The van der Waals surface area contributed by atoms with Gasteiger partial charge in [-0.05, 0) is 42.7 Å². The average Bonchev–Trinajstić information content (AvgIpc) is 2.58. The molecule has 0 radical (unpaired) electrons. The molecule has 0 spiro atoms. The minimum absolute atomic E-state index is 0.202. The van der Waals surface area contributed by atoms with Gasteiger partial charge < -0.3 is 16.0 Å². The maximum Gasteiger partial charge on any atom is 0.226 e. The Morgan fingerprint density at radius 2 is 1.70 bits per heavy atom. The number of carbonyl (C=O) groups excluding carboxylic acids is 1. The van der Waals surface area contributed by atoms with E-state index in [1.807, 2.05) is 47.4 Å². The summed E-state index contributed by atoms with van der Waals surface area (Å²) in [6, 6.07) is 18.2. The number of likely N-dealkylation sites (tertiary alicyclic amines) is 1. The molecule has 1 fully saturated rings. The third-order valence-electron chi connectivity index (χ3n) is 4.33. The largest absolute Gasteiger partial charge is 0.399 e. The Hall–Kier alpha value is -2.49. The zero-order valence-electron chi connectivity index (χ0n) is 13.2. The van der Waals surface area contributed by atoms with Gasteiger partial charge in [0.25, 0.3) is 0 Å². The van der Waals surface area contributed by atoms with Gasteiger partial charge in [-0.1, -0.05) is 30.3 Å². The lowest BCUT2D eigenvalue weighted by Crippen LogP contribution is -2.43. The molecule has 0 atom stereocenters. The topological polar surface area (TPSA) is 58.4 Å². The van der Waals surface area contributed by atoms with E-state index in [0.29, 0.717) is 12.5 Å². The molecule has 0 saturated carbocycles. The number of piperidine rings is 1. The molecule has 0 aliphatic carbocycles. The molecule has 4 nitrogen and oxygen atoms in total. The Morgan fingerprint density at radius 1 is 1.04 bits per heavy atom. The third-order valence-corrected chi connectivity index (χ3v) is 4.33. The van der Waals surface area contributed by atoms with Crippen molar-refractivity contribution in [1.29, 1.82) is 0 Å². The molecule has 1 aliphatic rings. The second kappa shape index (κ2) is 7.18. The second-order valence-corrected chi connectivity index (χ2v) is 6.08. The van der Waals surface area contributed by atoms with Crippen LogP contribution in [0.5, 0.6) is 0 Å². The summed E-state index contributed by atoms with van der Waals surface area (Å²) in [4.78, 5) is 14.4. The molecule has 2 aromatic carbocycles. The highest BCUT2D eigenvalue weighted by Crippen LogP contribution is 2.17. The predicted molar refractivity (Wildman–Crippen MR) is 94.2 cm³/mol. The normalized spacial score (nSPS) is 15.4. The maximum atomic E-state index is 12.4. The molecule has 23 heavy (non-hydrogen) atoms. The fourth-order valence-corrected chi connectivity index (χ4v) is 2.97. The van der Waals surface area contributed by atoms with Gasteiger partial charge in [-0.3, -0.25) is 4.79 Å². The number of para-hydroxylation sites is 1. The lowest BCUT2D eigenvalue weighted by atomic mass is 10.0. The highest BCUT2D eigenvalue weighted by Gasteiger charge is 2.22. The minimum atomic E-state index is 0.202. The molecule has 120 valence electrons. The minimum Gasteiger partial charge on any atom is -0.399 e. The third kappa shape index (κ3) is 4.25. The van der Waals surface area contributed by atoms with Gasteiger partial charge in [-0.15, -0.1) is 0 Å². The molecule has 0 unspecified atom stereocenters. The SMILES string of the molecule is Nc1ccc(CC(=O)N2CCC(Nc3ccccc3)CC2)cc1. The van der Waals surface area contributed by atoms with E-state index in [0.717, 1.165) is 42.9 Å². The van der Waals surface area contributed by atoms with Gasteiger partial charge in [0.1, 0.15) is 0 Å². The van der Waals surface area contributed by atoms with E-state index in [1.165, 1.54) is 0 Å². The van der Waals surface area contributed by atoms with Crippen LogP contribution in [0.2, 0.25) is 0 Å². The van der Waals surface area contributed by atoms with Gasteiger partial charge in [0.05, 0.1) is 6.42 Å². The Labute approximate surface area is 137 Å². The van der Waals surface area contributed by atoms with Gasteiger partial charge in [-0.25, -0.2) is 0 Å². The number of rotatable bonds is 4. The van der Waals surface area contributed by atoms with Crippen molar-refractivity contribution in [3.63, 3.8) is 0 Å². The van der Waals surface area contributed by atoms with Crippen LogP contribution in [-0.4, -0.2) is 29.9 Å². The highest BCUT2D eigenvalue weighted by molar-refractivity contribution is 5.79. The number of hydrogen-bond acceptors (Lipinski definition) is 3. The number of nitrogens with one attached hydrogen (secondary N) is 1. The van der Waals surface area contributed by atoms with Crippen molar-refractivity contribution >= 4 is 17.3 Å².